The van der Waals surface area contributed by atoms with E-state index in [1.54, 1.807) is 13.0 Å². The summed E-state index contributed by atoms with van der Waals surface area (Å²) >= 11 is 0. The van der Waals surface area contributed by atoms with E-state index in [-0.39, 0.29) is 10.6 Å². The zero-order valence-corrected chi connectivity index (χ0v) is 13.0. The summed E-state index contributed by atoms with van der Waals surface area (Å²) in [6.07, 6.45) is 4.41. The van der Waals surface area contributed by atoms with Gasteiger partial charge in [0.25, 0.3) is 5.69 Å². The molecule has 0 aliphatic carbocycles. The van der Waals surface area contributed by atoms with Gasteiger partial charge >= 0.3 is 0 Å². The number of ether oxygens (including phenoxy) is 1. The Labute approximate surface area is 125 Å². The molecule has 1 heterocycles. The number of nitro groups is 1. The van der Waals surface area contributed by atoms with Gasteiger partial charge in [-0.3, -0.25) is 10.1 Å². The average molecular weight is 292 g/mol. The van der Waals surface area contributed by atoms with Crippen molar-refractivity contribution < 1.29 is 9.66 Å². The van der Waals surface area contributed by atoms with Crippen LogP contribution >= 0.6 is 0 Å². The van der Waals surface area contributed by atoms with Crippen molar-refractivity contribution >= 4 is 11.4 Å². The molecule has 21 heavy (non-hydrogen) atoms. The normalized spacial score (nSPS) is 22.0. The lowest BCUT2D eigenvalue weighted by Crippen LogP contribution is -2.34. The van der Waals surface area contributed by atoms with Gasteiger partial charge in [0.1, 0.15) is 0 Å². The minimum Gasteiger partial charge on any atom is -0.382 e. The van der Waals surface area contributed by atoms with E-state index < -0.39 is 0 Å². The lowest BCUT2D eigenvalue weighted by Gasteiger charge is -2.31. The molecule has 2 atom stereocenters. The maximum Gasteiger partial charge on any atom is 0.274 e. The van der Waals surface area contributed by atoms with E-state index in [1.807, 2.05) is 13.0 Å². The first-order valence-electron chi connectivity index (χ1n) is 7.65. The fourth-order valence-electron chi connectivity index (χ4n) is 2.95. The van der Waals surface area contributed by atoms with Crippen LogP contribution in [0.2, 0.25) is 0 Å². The summed E-state index contributed by atoms with van der Waals surface area (Å²) in [5.74, 6) is 0. The predicted molar refractivity (Wildman–Crippen MR) is 83.9 cm³/mol. The van der Waals surface area contributed by atoms with Crippen molar-refractivity contribution in [1.29, 1.82) is 0 Å². The maximum atomic E-state index is 11.1. The Balaban J connectivity index is 2.11. The van der Waals surface area contributed by atoms with Gasteiger partial charge in [-0.05, 0) is 44.7 Å². The molecular weight excluding hydrogens is 268 g/mol. The Kier molecular flexibility index (Phi) is 5.17. The molecule has 0 spiro atoms. The highest BCUT2D eigenvalue weighted by Crippen LogP contribution is 2.29. The lowest BCUT2D eigenvalue weighted by molar-refractivity contribution is -0.385. The van der Waals surface area contributed by atoms with E-state index in [1.165, 1.54) is 0 Å². The SMILES string of the molecule is CCCC1CC(Nc2cc([N+](=O)[O-])c(C)cc2C)CCO1. The summed E-state index contributed by atoms with van der Waals surface area (Å²) in [7, 11) is 0. The standard InChI is InChI=1S/C16H24N2O3/c1-4-5-14-9-13(6-7-21-14)17-15-10-16(18(19)20)12(3)8-11(15)2/h8,10,13-14,17H,4-7,9H2,1-3H3. The van der Waals surface area contributed by atoms with Gasteiger partial charge in [0, 0.05) is 30.0 Å². The van der Waals surface area contributed by atoms with Crippen molar-refractivity contribution in [2.45, 2.75) is 58.6 Å². The Bertz CT molecular complexity index is 514. The summed E-state index contributed by atoms with van der Waals surface area (Å²) in [5, 5.41) is 14.5. The number of benzene rings is 1. The van der Waals surface area contributed by atoms with Gasteiger partial charge in [0.2, 0.25) is 0 Å². The first-order valence-corrected chi connectivity index (χ1v) is 7.65. The molecule has 0 amide bonds. The van der Waals surface area contributed by atoms with E-state index >= 15 is 0 Å². The van der Waals surface area contributed by atoms with E-state index in [0.29, 0.717) is 17.7 Å². The zero-order chi connectivity index (χ0) is 15.4. The fraction of sp³-hybridized carbons (Fsp3) is 0.625. The molecule has 1 fully saturated rings. The molecular formula is C16H24N2O3. The molecule has 2 unspecified atom stereocenters. The van der Waals surface area contributed by atoms with Crippen molar-refractivity contribution in [3.63, 3.8) is 0 Å². The maximum absolute atomic E-state index is 11.1. The van der Waals surface area contributed by atoms with Crippen LogP contribution in [0.4, 0.5) is 11.4 Å². The second kappa shape index (κ2) is 6.89. The smallest absolute Gasteiger partial charge is 0.274 e. The van der Waals surface area contributed by atoms with Crippen LogP contribution in [-0.2, 0) is 4.74 Å². The van der Waals surface area contributed by atoms with E-state index in [2.05, 4.69) is 12.2 Å². The van der Waals surface area contributed by atoms with Crippen LogP contribution in [0.3, 0.4) is 0 Å². The highest BCUT2D eigenvalue weighted by molar-refractivity contribution is 5.60. The molecule has 0 radical (unpaired) electrons. The molecule has 1 aromatic rings. The third-order valence-corrected chi connectivity index (χ3v) is 4.08. The number of aryl methyl sites for hydroxylation is 2. The summed E-state index contributed by atoms with van der Waals surface area (Å²) in [6.45, 7) is 6.69. The number of hydrogen-bond donors (Lipinski definition) is 1. The number of hydrogen-bond acceptors (Lipinski definition) is 4. The largest absolute Gasteiger partial charge is 0.382 e. The van der Waals surface area contributed by atoms with Gasteiger partial charge < -0.3 is 10.1 Å². The second-order valence-electron chi connectivity index (χ2n) is 5.86. The number of rotatable bonds is 5. The van der Waals surface area contributed by atoms with Crippen molar-refractivity contribution in [1.82, 2.24) is 0 Å². The summed E-state index contributed by atoms with van der Waals surface area (Å²) in [6, 6.07) is 3.87. The van der Waals surface area contributed by atoms with Crippen LogP contribution in [0, 0.1) is 24.0 Å². The van der Waals surface area contributed by atoms with Crippen LogP contribution in [0.5, 0.6) is 0 Å². The van der Waals surface area contributed by atoms with Crippen LogP contribution in [0.1, 0.15) is 43.7 Å². The monoisotopic (exact) mass is 292 g/mol. The number of anilines is 1. The summed E-state index contributed by atoms with van der Waals surface area (Å²) in [5.41, 5.74) is 2.81. The Morgan fingerprint density at radius 2 is 2.14 bits per heavy atom. The molecule has 0 saturated carbocycles. The quantitative estimate of drug-likeness (QED) is 0.658. The molecule has 0 bridgehead atoms. The van der Waals surface area contributed by atoms with Crippen molar-refractivity contribution in [2.24, 2.45) is 0 Å². The third-order valence-electron chi connectivity index (χ3n) is 4.08. The van der Waals surface area contributed by atoms with Gasteiger partial charge in [0.15, 0.2) is 0 Å². The van der Waals surface area contributed by atoms with Crippen LogP contribution < -0.4 is 5.32 Å². The van der Waals surface area contributed by atoms with Gasteiger partial charge in [-0.2, -0.15) is 0 Å². The highest BCUT2D eigenvalue weighted by Gasteiger charge is 2.23. The second-order valence-corrected chi connectivity index (χ2v) is 5.86. The minimum absolute atomic E-state index is 0.181. The Hall–Kier alpha value is -1.62. The molecule has 1 N–H and O–H groups in total. The molecule has 0 aromatic heterocycles. The zero-order valence-electron chi connectivity index (χ0n) is 13.0. The molecule has 5 heteroatoms. The van der Waals surface area contributed by atoms with Crippen LogP contribution in [-0.4, -0.2) is 23.7 Å². The van der Waals surface area contributed by atoms with Crippen molar-refractivity contribution in [3.05, 3.63) is 33.4 Å². The molecule has 116 valence electrons. The van der Waals surface area contributed by atoms with E-state index in [0.717, 1.165) is 43.5 Å². The van der Waals surface area contributed by atoms with Crippen LogP contribution in [0.25, 0.3) is 0 Å². The molecule has 1 aliphatic rings. The first-order chi connectivity index (χ1) is 10.0. The van der Waals surface area contributed by atoms with Crippen molar-refractivity contribution in [2.75, 3.05) is 11.9 Å². The highest BCUT2D eigenvalue weighted by atomic mass is 16.6. The molecule has 5 nitrogen and oxygen atoms in total. The number of nitrogens with zero attached hydrogens (tertiary/aromatic N) is 1. The van der Waals surface area contributed by atoms with E-state index in [4.69, 9.17) is 4.74 Å². The summed E-state index contributed by atoms with van der Waals surface area (Å²) < 4.78 is 5.75. The van der Waals surface area contributed by atoms with Crippen LogP contribution in [0.15, 0.2) is 12.1 Å². The van der Waals surface area contributed by atoms with Gasteiger partial charge in [-0.25, -0.2) is 0 Å². The molecule has 2 rings (SSSR count). The minimum atomic E-state index is -0.316. The number of nitrogens with one attached hydrogen (secondary N) is 1. The topological polar surface area (TPSA) is 64.4 Å². The Morgan fingerprint density at radius 1 is 1.38 bits per heavy atom. The average Bonchev–Trinajstić information content (AvgIpc) is 2.42. The Morgan fingerprint density at radius 3 is 2.81 bits per heavy atom. The molecule has 1 aromatic carbocycles. The lowest BCUT2D eigenvalue weighted by atomic mass is 9.99. The van der Waals surface area contributed by atoms with Gasteiger partial charge in [0.05, 0.1) is 11.0 Å². The predicted octanol–water partition coefficient (Wildman–Crippen LogP) is 3.97. The summed E-state index contributed by atoms with van der Waals surface area (Å²) in [4.78, 5) is 10.8. The molecule has 1 saturated heterocycles. The van der Waals surface area contributed by atoms with Crippen molar-refractivity contribution in [3.8, 4) is 0 Å². The number of nitro benzene ring substituents is 1. The van der Waals surface area contributed by atoms with Gasteiger partial charge in [-0.1, -0.05) is 13.3 Å². The van der Waals surface area contributed by atoms with E-state index in [9.17, 15) is 10.1 Å². The molecule has 1 aliphatic heterocycles. The first kappa shape index (κ1) is 15.8. The fourth-order valence-corrected chi connectivity index (χ4v) is 2.95. The third kappa shape index (κ3) is 3.94. The van der Waals surface area contributed by atoms with Gasteiger partial charge in [-0.15, -0.1) is 0 Å².